The molecule has 0 spiro atoms. The van der Waals surface area contributed by atoms with Crippen LogP contribution in [0.2, 0.25) is 0 Å². The third kappa shape index (κ3) is 4.51. The Labute approximate surface area is 148 Å². The molecule has 0 aliphatic carbocycles. The SMILES string of the molecule is CCOc1ccc(C(=O)N2CCC(NC(=O)[C@H]3CCCO3)CC2)cc1. The maximum absolute atomic E-state index is 12.6. The van der Waals surface area contributed by atoms with E-state index in [0.717, 1.165) is 31.4 Å². The van der Waals surface area contributed by atoms with Crippen LogP contribution in [0.4, 0.5) is 0 Å². The Bertz CT molecular complexity index is 588. The maximum atomic E-state index is 12.6. The Morgan fingerprint density at radius 1 is 1.20 bits per heavy atom. The first-order valence-corrected chi connectivity index (χ1v) is 9.11. The van der Waals surface area contributed by atoms with Gasteiger partial charge in [-0.25, -0.2) is 0 Å². The maximum Gasteiger partial charge on any atom is 0.253 e. The zero-order valence-electron chi connectivity index (χ0n) is 14.7. The van der Waals surface area contributed by atoms with Crippen LogP contribution in [0.5, 0.6) is 5.75 Å². The summed E-state index contributed by atoms with van der Waals surface area (Å²) in [6.07, 6.45) is 3.03. The molecule has 1 atom stereocenters. The van der Waals surface area contributed by atoms with Crippen molar-refractivity contribution in [2.24, 2.45) is 0 Å². The van der Waals surface area contributed by atoms with Gasteiger partial charge in [0.15, 0.2) is 0 Å². The molecule has 2 fully saturated rings. The third-order valence-electron chi connectivity index (χ3n) is 4.76. The molecule has 1 aromatic rings. The zero-order chi connectivity index (χ0) is 17.6. The van der Waals surface area contributed by atoms with Gasteiger partial charge in [0.1, 0.15) is 11.9 Å². The van der Waals surface area contributed by atoms with E-state index in [1.165, 1.54) is 0 Å². The summed E-state index contributed by atoms with van der Waals surface area (Å²) in [5.41, 5.74) is 0.672. The fraction of sp³-hybridized carbons (Fsp3) is 0.579. The number of hydrogen-bond donors (Lipinski definition) is 1. The number of carbonyl (C=O) groups excluding carboxylic acids is 2. The quantitative estimate of drug-likeness (QED) is 0.885. The fourth-order valence-electron chi connectivity index (χ4n) is 3.35. The van der Waals surface area contributed by atoms with Crippen molar-refractivity contribution in [2.45, 2.75) is 44.8 Å². The second kappa shape index (κ2) is 8.34. The van der Waals surface area contributed by atoms with Gasteiger partial charge in [-0.15, -0.1) is 0 Å². The van der Waals surface area contributed by atoms with Crippen LogP contribution in [0, 0.1) is 0 Å². The number of benzene rings is 1. The van der Waals surface area contributed by atoms with Gasteiger partial charge < -0.3 is 19.7 Å². The van der Waals surface area contributed by atoms with Gasteiger partial charge in [0.2, 0.25) is 5.91 Å². The van der Waals surface area contributed by atoms with Crippen LogP contribution in [0.15, 0.2) is 24.3 Å². The van der Waals surface area contributed by atoms with Crippen LogP contribution in [0.3, 0.4) is 0 Å². The minimum absolute atomic E-state index is 0.00575. The zero-order valence-corrected chi connectivity index (χ0v) is 14.7. The van der Waals surface area contributed by atoms with Crippen LogP contribution in [-0.2, 0) is 9.53 Å². The summed E-state index contributed by atoms with van der Waals surface area (Å²) in [7, 11) is 0. The molecule has 3 rings (SSSR count). The van der Waals surface area contributed by atoms with Gasteiger partial charge in [-0.3, -0.25) is 9.59 Å². The molecule has 0 saturated carbocycles. The Balaban J connectivity index is 1.47. The lowest BCUT2D eigenvalue weighted by Crippen LogP contribution is -2.48. The largest absolute Gasteiger partial charge is 0.494 e. The highest BCUT2D eigenvalue weighted by molar-refractivity contribution is 5.94. The number of ether oxygens (including phenoxy) is 2. The number of likely N-dealkylation sites (tertiary alicyclic amines) is 1. The van der Waals surface area contributed by atoms with E-state index in [4.69, 9.17) is 9.47 Å². The summed E-state index contributed by atoms with van der Waals surface area (Å²) in [5.74, 6) is 0.801. The lowest BCUT2D eigenvalue weighted by atomic mass is 10.0. The van der Waals surface area contributed by atoms with Crippen LogP contribution >= 0.6 is 0 Å². The van der Waals surface area contributed by atoms with E-state index in [-0.39, 0.29) is 24.0 Å². The molecular formula is C19H26N2O4. The van der Waals surface area contributed by atoms with Crippen LogP contribution in [-0.4, -0.2) is 55.2 Å². The van der Waals surface area contributed by atoms with Gasteiger partial charge in [0.05, 0.1) is 6.61 Å². The number of nitrogens with zero attached hydrogens (tertiary/aromatic N) is 1. The van der Waals surface area contributed by atoms with Crippen molar-refractivity contribution in [1.82, 2.24) is 10.2 Å². The normalized spacial score (nSPS) is 21.2. The van der Waals surface area contributed by atoms with Crippen molar-refractivity contribution in [3.8, 4) is 5.75 Å². The molecule has 2 amide bonds. The first kappa shape index (κ1) is 17.7. The molecule has 25 heavy (non-hydrogen) atoms. The van der Waals surface area contributed by atoms with E-state index in [1.807, 2.05) is 24.0 Å². The van der Waals surface area contributed by atoms with E-state index < -0.39 is 0 Å². The van der Waals surface area contributed by atoms with Crippen molar-refractivity contribution in [2.75, 3.05) is 26.3 Å². The molecule has 0 radical (unpaired) electrons. The predicted molar refractivity (Wildman–Crippen MR) is 93.7 cm³/mol. The van der Waals surface area contributed by atoms with Gasteiger partial charge in [0, 0.05) is 31.3 Å². The number of hydrogen-bond acceptors (Lipinski definition) is 4. The molecule has 2 aliphatic rings. The fourth-order valence-corrected chi connectivity index (χ4v) is 3.35. The van der Waals surface area contributed by atoms with Gasteiger partial charge >= 0.3 is 0 Å². The molecule has 0 bridgehead atoms. The number of nitrogens with one attached hydrogen (secondary N) is 1. The van der Waals surface area contributed by atoms with Crippen LogP contribution in [0.25, 0.3) is 0 Å². The molecular weight excluding hydrogens is 320 g/mol. The molecule has 2 aliphatic heterocycles. The summed E-state index contributed by atoms with van der Waals surface area (Å²) < 4.78 is 10.8. The molecule has 0 aromatic heterocycles. The first-order chi connectivity index (χ1) is 12.2. The van der Waals surface area contributed by atoms with Gasteiger partial charge in [-0.05, 0) is 56.9 Å². The molecule has 136 valence electrons. The molecule has 6 nitrogen and oxygen atoms in total. The molecule has 1 N–H and O–H groups in total. The average Bonchev–Trinajstić information content (AvgIpc) is 3.18. The highest BCUT2D eigenvalue weighted by atomic mass is 16.5. The van der Waals surface area contributed by atoms with Gasteiger partial charge in [-0.2, -0.15) is 0 Å². The van der Waals surface area contributed by atoms with Crippen molar-refractivity contribution in [3.05, 3.63) is 29.8 Å². The van der Waals surface area contributed by atoms with E-state index >= 15 is 0 Å². The van der Waals surface area contributed by atoms with Crippen LogP contribution < -0.4 is 10.1 Å². The van der Waals surface area contributed by atoms with Crippen LogP contribution in [0.1, 0.15) is 43.0 Å². The predicted octanol–water partition coefficient (Wildman–Crippen LogP) is 1.99. The molecule has 6 heteroatoms. The molecule has 2 saturated heterocycles. The number of rotatable bonds is 5. The van der Waals surface area contributed by atoms with Crippen molar-refractivity contribution in [3.63, 3.8) is 0 Å². The van der Waals surface area contributed by atoms with Gasteiger partial charge in [0.25, 0.3) is 5.91 Å². The number of carbonyl (C=O) groups is 2. The molecule has 1 aromatic carbocycles. The van der Waals surface area contributed by atoms with Crippen molar-refractivity contribution >= 4 is 11.8 Å². The number of piperidine rings is 1. The van der Waals surface area contributed by atoms with E-state index in [9.17, 15) is 9.59 Å². The topological polar surface area (TPSA) is 67.9 Å². The second-order valence-electron chi connectivity index (χ2n) is 6.53. The Morgan fingerprint density at radius 3 is 2.52 bits per heavy atom. The second-order valence-corrected chi connectivity index (χ2v) is 6.53. The minimum Gasteiger partial charge on any atom is -0.494 e. The Morgan fingerprint density at radius 2 is 1.92 bits per heavy atom. The van der Waals surface area contributed by atoms with E-state index in [2.05, 4.69) is 5.32 Å². The Hall–Kier alpha value is -2.08. The van der Waals surface area contributed by atoms with Crippen molar-refractivity contribution < 1.29 is 19.1 Å². The monoisotopic (exact) mass is 346 g/mol. The smallest absolute Gasteiger partial charge is 0.253 e. The van der Waals surface area contributed by atoms with E-state index in [0.29, 0.717) is 31.9 Å². The minimum atomic E-state index is -0.288. The highest BCUT2D eigenvalue weighted by Crippen LogP contribution is 2.18. The number of amides is 2. The first-order valence-electron chi connectivity index (χ1n) is 9.11. The lowest BCUT2D eigenvalue weighted by Gasteiger charge is -2.33. The lowest BCUT2D eigenvalue weighted by molar-refractivity contribution is -0.131. The standard InChI is InChI=1S/C19H26N2O4/c1-2-24-16-7-5-14(6-8-16)19(23)21-11-9-15(10-12-21)20-18(22)17-4-3-13-25-17/h5-8,15,17H,2-4,9-13H2,1H3,(H,20,22)/t17-/m1/s1. The summed E-state index contributed by atoms with van der Waals surface area (Å²) in [4.78, 5) is 26.5. The average molecular weight is 346 g/mol. The molecule has 2 heterocycles. The van der Waals surface area contributed by atoms with E-state index in [1.54, 1.807) is 12.1 Å². The van der Waals surface area contributed by atoms with Gasteiger partial charge in [-0.1, -0.05) is 0 Å². The highest BCUT2D eigenvalue weighted by Gasteiger charge is 2.28. The summed E-state index contributed by atoms with van der Waals surface area (Å²) >= 11 is 0. The summed E-state index contributed by atoms with van der Waals surface area (Å²) in [5, 5.41) is 3.06. The third-order valence-corrected chi connectivity index (χ3v) is 4.76. The molecule has 0 unspecified atom stereocenters. The Kier molecular flexibility index (Phi) is 5.91. The summed E-state index contributed by atoms with van der Waals surface area (Å²) in [6.45, 7) is 4.53. The van der Waals surface area contributed by atoms with Crippen molar-refractivity contribution in [1.29, 1.82) is 0 Å². The summed E-state index contributed by atoms with van der Waals surface area (Å²) in [6, 6.07) is 7.38.